The van der Waals surface area contributed by atoms with Gasteiger partial charge >= 0.3 is 11.9 Å². The van der Waals surface area contributed by atoms with Gasteiger partial charge in [0, 0.05) is 12.4 Å². The molecule has 0 aliphatic carbocycles. The summed E-state index contributed by atoms with van der Waals surface area (Å²) in [5, 5.41) is 0. The van der Waals surface area contributed by atoms with Crippen LogP contribution in [0.25, 0.3) is 22.3 Å². The second-order valence-electron chi connectivity index (χ2n) is 22.1. The maximum absolute atomic E-state index is 12.4. The first-order valence-electron chi connectivity index (χ1n) is 30.7. The fourth-order valence-corrected chi connectivity index (χ4v) is 9.24. The average Bonchev–Trinajstić information content (AvgIpc) is 3.72. The van der Waals surface area contributed by atoms with Gasteiger partial charge in [0.25, 0.3) is 0 Å². The van der Waals surface area contributed by atoms with Gasteiger partial charge in [0.15, 0.2) is 0 Å². The fourth-order valence-electron chi connectivity index (χ4n) is 9.24. The Kier molecular flexibility index (Phi) is 26.7. The molecule has 0 saturated heterocycles. The maximum Gasteiger partial charge on any atom is 0.338 e. The number of esters is 2. The number of hydrogen-bond donors (Lipinski definition) is 0. The molecule has 0 spiro atoms. The molecule has 7 rings (SSSR count). The third kappa shape index (κ3) is 22.0. The second kappa shape index (κ2) is 35.2. The van der Waals surface area contributed by atoms with E-state index in [0.29, 0.717) is 62.6 Å². The molecule has 0 aliphatic rings. The Morgan fingerprint density at radius 1 is 0.393 bits per heavy atom. The number of rotatable bonds is 36. The summed E-state index contributed by atoms with van der Waals surface area (Å²) in [5.41, 5.74) is 11.4. The van der Waals surface area contributed by atoms with E-state index in [-0.39, 0.29) is 11.9 Å². The lowest BCUT2D eigenvalue weighted by molar-refractivity contribution is 0.0438. The first-order chi connectivity index (χ1) is 41.0. The van der Waals surface area contributed by atoms with Crippen molar-refractivity contribution in [1.29, 1.82) is 0 Å². The number of carbonyl (C=O) groups excluding carboxylic acids is 2. The van der Waals surface area contributed by atoms with Crippen molar-refractivity contribution in [3.63, 3.8) is 0 Å². The van der Waals surface area contributed by atoms with Crippen molar-refractivity contribution < 1.29 is 38.0 Å². The molecule has 0 heterocycles. The molecule has 10 heteroatoms. The van der Waals surface area contributed by atoms with E-state index in [4.69, 9.17) is 38.4 Å². The highest BCUT2D eigenvalue weighted by atomic mass is 16.5. The van der Waals surface area contributed by atoms with Crippen LogP contribution in [0, 0.1) is 25.7 Å². The lowest BCUT2D eigenvalue weighted by atomic mass is 10.0. The largest absolute Gasteiger partial charge is 0.494 e. The number of aliphatic imine (C=N–C) groups is 2. The van der Waals surface area contributed by atoms with Crippen LogP contribution < -0.4 is 18.9 Å². The zero-order chi connectivity index (χ0) is 59.1. The quantitative estimate of drug-likeness (QED) is 0.0217. The molecule has 0 N–H and O–H groups in total. The molecule has 2 unspecified atom stereocenters. The molecule has 442 valence electrons. The summed E-state index contributed by atoms with van der Waals surface area (Å²) in [5.74, 6) is 3.75. The van der Waals surface area contributed by atoms with E-state index >= 15 is 0 Å². The van der Waals surface area contributed by atoms with Gasteiger partial charge in [0.05, 0.1) is 62.1 Å². The topological polar surface area (TPSA) is 114 Å². The molecule has 7 aromatic rings. The van der Waals surface area contributed by atoms with Crippen LogP contribution in [0.5, 0.6) is 23.0 Å². The molecule has 7 aromatic carbocycles. The third-order valence-electron chi connectivity index (χ3n) is 15.1. The smallest absolute Gasteiger partial charge is 0.338 e. The zero-order valence-corrected chi connectivity index (χ0v) is 50.6. The number of aryl methyl sites for hydroxylation is 2. The number of carbonyl (C=O) groups is 2. The first-order valence-corrected chi connectivity index (χ1v) is 30.7. The number of benzene rings is 7. The first kappa shape index (κ1) is 63.6. The SMILES string of the molecule is CCC(C)COC(=O)c1ccc(-c2ccc(OCCCCCCCCOc3ccc(C=Nc4ccc(N=Cc5ccc(OCCCCCCCCOc6ccc(-c7ccc(C(=O)OCC(C)CC)cc7)cc6)c(C)c5)cc4)cc3C)cc2)cc1. The fraction of sp³-hybridized carbons (Fsp3) is 0.378. The van der Waals surface area contributed by atoms with E-state index in [9.17, 15) is 9.59 Å². The molecule has 0 bridgehead atoms. The van der Waals surface area contributed by atoms with Crippen LogP contribution in [0.4, 0.5) is 11.4 Å². The minimum Gasteiger partial charge on any atom is -0.494 e. The van der Waals surface area contributed by atoms with Gasteiger partial charge in [-0.05, 0) is 205 Å². The molecule has 84 heavy (non-hydrogen) atoms. The molecule has 0 radical (unpaired) electrons. The number of unbranched alkanes of at least 4 members (excludes halogenated alkanes) is 10. The summed E-state index contributed by atoms with van der Waals surface area (Å²) in [6.07, 6.45) is 19.1. The average molecular weight is 1130 g/mol. The van der Waals surface area contributed by atoms with Gasteiger partial charge in [-0.1, -0.05) is 140 Å². The molecule has 0 amide bonds. The number of ether oxygens (including phenoxy) is 6. The van der Waals surface area contributed by atoms with Crippen LogP contribution in [0.1, 0.15) is 161 Å². The molecular formula is C74H88N2O8. The van der Waals surface area contributed by atoms with E-state index in [1.807, 2.05) is 122 Å². The number of hydrogen-bond acceptors (Lipinski definition) is 10. The summed E-state index contributed by atoms with van der Waals surface area (Å²) in [6.45, 7) is 16.2. The van der Waals surface area contributed by atoms with Gasteiger partial charge in [-0.15, -0.1) is 0 Å². The van der Waals surface area contributed by atoms with Crippen LogP contribution in [0.2, 0.25) is 0 Å². The lowest BCUT2D eigenvalue weighted by Gasteiger charge is -2.10. The van der Waals surface area contributed by atoms with Gasteiger partial charge in [0.1, 0.15) is 23.0 Å². The van der Waals surface area contributed by atoms with Crippen molar-refractivity contribution in [2.24, 2.45) is 21.8 Å². The van der Waals surface area contributed by atoms with Crippen molar-refractivity contribution in [3.05, 3.63) is 191 Å². The van der Waals surface area contributed by atoms with E-state index in [1.54, 1.807) is 0 Å². The second-order valence-corrected chi connectivity index (χ2v) is 22.1. The molecule has 2 atom stereocenters. The Balaban J connectivity index is 0.687. The lowest BCUT2D eigenvalue weighted by Crippen LogP contribution is -2.11. The van der Waals surface area contributed by atoms with Crippen LogP contribution in [0.3, 0.4) is 0 Å². The minimum absolute atomic E-state index is 0.273. The Hall–Kier alpha value is -7.98. The van der Waals surface area contributed by atoms with Crippen LogP contribution in [-0.2, 0) is 9.47 Å². The van der Waals surface area contributed by atoms with E-state index < -0.39 is 0 Å². The van der Waals surface area contributed by atoms with Crippen molar-refractivity contribution in [2.45, 2.75) is 131 Å². The Morgan fingerprint density at radius 2 is 0.702 bits per heavy atom. The Labute approximate surface area is 500 Å². The molecule has 0 fully saturated rings. The van der Waals surface area contributed by atoms with Crippen LogP contribution >= 0.6 is 0 Å². The van der Waals surface area contributed by atoms with E-state index in [1.165, 1.54) is 25.7 Å². The van der Waals surface area contributed by atoms with Gasteiger partial charge in [-0.25, -0.2) is 9.59 Å². The van der Waals surface area contributed by atoms with Gasteiger partial charge in [-0.2, -0.15) is 0 Å². The summed E-state index contributed by atoms with van der Waals surface area (Å²) in [4.78, 5) is 34.1. The monoisotopic (exact) mass is 1130 g/mol. The summed E-state index contributed by atoms with van der Waals surface area (Å²) < 4.78 is 35.2. The van der Waals surface area contributed by atoms with Crippen molar-refractivity contribution in [1.82, 2.24) is 0 Å². The normalized spacial score (nSPS) is 12.1. The van der Waals surface area contributed by atoms with Gasteiger partial charge in [0.2, 0.25) is 0 Å². The van der Waals surface area contributed by atoms with Crippen LogP contribution in [-0.4, -0.2) is 64.0 Å². The van der Waals surface area contributed by atoms with E-state index in [0.717, 1.165) is 143 Å². The highest BCUT2D eigenvalue weighted by Crippen LogP contribution is 2.27. The Bertz CT molecular complexity index is 2900. The van der Waals surface area contributed by atoms with E-state index in [2.05, 4.69) is 90.1 Å². The van der Waals surface area contributed by atoms with Crippen molar-refractivity contribution in [2.75, 3.05) is 39.6 Å². The molecule has 10 nitrogen and oxygen atoms in total. The predicted molar refractivity (Wildman–Crippen MR) is 344 cm³/mol. The summed E-state index contributed by atoms with van der Waals surface area (Å²) in [6, 6.07) is 51.8. The predicted octanol–water partition coefficient (Wildman–Crippen LogP) is 19.1. The number of nitrogens with zero attached hydrogens (tertiary/aromatic N) is 2. The molecule has 0 aliphatic heterocycles. The Morgan fingerprint density at radius 3 is 1.02 bits per heavy atom. The maximum atomic E-state index is 12.4. The summed E-state index contributed by atoms with van der Waals surface area (Å²) in [7, 11) is 0. The van der Waals surface area contributed by atoms with Gasteiger partial charge < -0.3 is 28.4 Å². The minimum atomic E-state index is -0.273. The van der Waals surface area contributed by atoms with Crippen LogP contribution in [0.15, 0.2) is 168 Å². The van der Waals surface area contributed by atoms with Gasteiger partial charge in [-0.3, -0.25) is 9.98 Å². The third-order valence-corrected chi connectivity index (χ3v) is 15.1. The standard InChI is InChI=1S/C74H88N2O8/c1-7-55(3)53-83-73(77)65-27-23-61(24-28-65)63-31-39-69(40-32-63)79-45-17-13-9-11-15-19-47-81-71-43-21-59(49-57(71)5)51-75-67-35-37-68(38-36-67)76-52-60-22-44-72(58(6)50-60)82-48-20-16-12-10-14-18-46-80-70-41-33-64(34-42-70)62-25-29-66(30-26-62)74(78)84-54-56(4)8-2/h21-44,49-52,55-56H,7-20,45-48,53-54H2,1-6H3. The molecule has 0 aromatic heterocycles. The summed E-state index contributed by atoms with van der Waals surface area (Å²) >= 11 is 0. The highest BCUT2D eigenvalue weighted by Gasteiger charge is 2.12. The molecule has 0 saturated carbocycles. The zero-order valence-electron chi connectivity index (χ0n) is 50.6. The van der Waals surface area contributed by atoms with Crippen molar-refractivity contribution >= 4 is 35.7 Å². The van der Waals surface area contributed by atoms with Crippen molar-refractivity contribution in [3.8, 4) is 45.3 Å². The molecular weight excluding hydrogens is 1040 g/mol. The highest BCUT2D eigenvalue weighted by molar-refractivity contribution is 5.91.